The van der Waals surface area contributed by atoms with Crippen LogP contribution in [-0.4, -0.2) is 47.8 Å². The number of rotatable bonds is 8. The number of halogens is 1. The number of likely N-dealkylation sites (N-methyl/N-ethyl adjacent to an activating group) is 1. The molecule has 0 fully saturated rings. The van der Waals surface area contributed by atoms with Gasteiger partial charge in [-0.2, -0.15) is 5.10 Å². The summed E-state index contributed by atoms with van der Waals surface area (Å²) in [5, 5.41) is 4.60. The quantitative estimate of drug-likeness (QED) is 0.689. The van der Waals surface area contributed by atoms with E-state index < -0.39 is 0 Å². The Kier molecular flexibility index (Phi) is 6.66. The average Bonchev–Trinajstić information content (AvgIpc) is 2.75. The second-order valence-electron chi connectivity index (χ2n) is 5.48. The van der Waals surface area contributed by atoms with Crippen LogP contribution in [-0.2, 0) is 13.0 Å². The van der Waals surface area contributed by atoms with E-state index in [2.05, 4.69) is 37.9 Å². The third kappa shape index (κ3) is 5.03. The number of ether oxygens (including phenoxy) is 1. The number of hydrogen-bond acceptors (Lipinski definition) is 3. The molecule has 1 atom stereocenters. The summed E-state index contributed by atoms with van der Waals surface area (Å²) in [5.74, 6) is 1.36. The first-order valence-electron chi connectivity index (χ1n) is 6.83. The van der Waals surface area contributed by atoms with Crippen LogP contribution in [0, 0.1) is 5.92 Å². The molecule has 0 aliphatic heterocycles. The predicted molar refractivity (Wildman–Crippen MR) is 80.1 cm³/mol. The molecule has 0 radical (unpaired) electrons. The van der Waals surface area contributed by atoms with Gasteiger partial charge in [0.25, 0.3) is 0 Å². The van der Waals surface area contributed by atoms with E-state index >= 15 is 0 Å². The smallest absolute Gasteiger partial charge is 0.159 e. The van der Waals surface area contributed by atoms with Crippen molar-refractivity contribution in [2.75, 3.05) is 27.7 Å². The molecule has 1 heterocycles. The first-order valence-corrected chi connectivity index (χ1v) is 7.26. The lowest BCUT2D eigenvalue weighted by Gasteiger charge is -2.15. The van der Waals surface area contributed by atoms with Gasteiger partial charge in [0.05, 0.1) is 25.5 Å². The second kappa shape index (κ2) is 7.75. The predicted octanol–water partition coefficient (Wildman–Crippen LogP) is 2.65. The third-order valence-corrected chi connectivity index (χ3v) is 3.99. The summed E-state index contributed by atoms with van der Waals surface area (Å²) in [4.78, 5) is 2.15. The molecule has 19 heavy (non-hydrogen) atoms. The summed E-state index contributed by atoms with van der Waals surface area (Å²) in [6.07, 6.45) is 3.65. The molecule has 0 aromatic carbocycles. The van der Waals surface area contributed by atoms with Crippen LogP contribution in [0.25, 0.3) is 0 Å². The highest BCUT2D eigenvalue weighted by Crippen LogP contribution is 2.23. The van der Waals surface area contributed by atoms with Gasteiger partial charge in [0, 0.05) is 11.9 Å². The van der Waals surface area contributed by atoms with Crippen molar-refractivity contribution in [3.63, 3.8) is 0 Å². The fourth-order valence-corrected chi connectivity index (χ4v) is 2.02. The molecule has 4 nitrogen and oxygen atoms in total. The monoisotopic (exact) mass is 287 g/mol. The first kappa shape index (κ1) is 16.3. The van der Waals surface area contributed by atoms with Crippen molar-refractivity contribution >= 4 is 11.6 Å². The fraction of sp³-hybridized carbons (Fsp3) is 0.786. The van der Waals surface area contributed by atoms with Crippen molar-refractivity contribution in [3.05, 3.63) is 11.9 Å². The summed E-state index contributed by atoms with van der Waals surface area (Å²) >= 11 is 6.33. The van der Waals surface area contributed by atoms with Gasteiger partial charge in [-0.3, -0.25) is 4.68 Å². The molecule has 0 saturated heterocycles. The SMILES string of the molecule is COc1cnn(CCN(C)C)c1CCC(Cl)C(C)C. The summed E-state index contributed by atoms with van der Waals surface area (Å²) < 4.78 is 7.42. The van der Waals surface area contributed by atoms with Crippen LogP contribution < -0.4 is 4.74 Å². The Bertz CT molecular complexity index is 377. The molecule has 110 valence electrons. The van der Waals surface area contributed by atoms with E-state index in [0.717, 1.165) is 37.4 Å². The molecular formula is C14H26ClN3O. The van der Waals surface area contributed by atoms with Crippen LogP contribution in [0.1, 0.15) is 26.0 Å². The molecule has 0 aliphatic carbocycles. The second-order valence-corrected chi connectivity index (χ2v) is 6.05. The van der Waals surface area contributed by atoms with Gasteiger partial charge in [-0.1, -0.05) is 13.8 Å². The zero-order chi connectivity index (χ0) is 14.4. The Hall–Kier alpha value is -0.740. The summed E-state index contributed by atoms with van der Waals surface area (Å²) in [7, 11) is 5.82. The molecule has 1 rings (SSSR count). The number of aromatic nitrogens is 2. The molecule has 0 amide bonds. The molecular weight excluding hydrogens is 262 g/mol. The minimum absolute atomic E-state index is 0.196. The van der Waals surface area contributed by atoms with Gasteiger partial charge in [0.2, 0.25) is 0 Å². The Morgan fingerprint density at radius 3 is 2.63 bits per heavy atom. The van der Waals surface area contributed by atoms with Crippen molar-refractivity contribution in [1.29, 1.82) is 0 Å². The van der Waals surface area contributed by atoms with E-state index in [1.807, 2.05) is 4.68 Å². The Balaban J connectivity index is 2.70. The normalized spacial score (nSPS) is 13.3. The lowest BCUT2D eigenvalue weighted by Crippen LogP contribution is -2.20. The standard InChI is InChI=1S/C14H26ClN3O/c1-11(2)12(15)6-7-13-14(19-5)10-16-18(13)9-8-17(3)4/h10-12H,6-9H2,1-5H3. The highest BCUT2D eigenvalue weighted by molar-refractivity contribution is 6.20. The first-order chi connectivity index (χ1) is 8.95. The van der Waals surface area contributed by atoms with Crippen LogP contribution >= 0.6 is 11.6 Å². The van der Waals surface area contributed by atoms with Crippen LogP contribution in [0.4, 0.5) is 0 Å². The highest BCUT2D eigenvalue weighted by atomic mass is 35.5. The van der Waals surface area contributed by atoms with E-state index in [1.54, 1.807) is 13.3 Å². The van der Waals surface area contributed by atoms with Crippen LogP contribution in [0.2, 0.25) is 0 Å². The van der Waals surface area contributed by atoms with Crippen molar-refractivity contribution in [3.8, 4) is 5.75 Å². The lowest BCUT2D eigenvalue weighted by atomic mass is 10.0. The van der Waals surface area contributed by atoms with Crippen molar-refractivity contribution in [2.45, 2.75) is 38.6 Å². The molecule has 1 unspecified atom stereocenters. The Morgan fingerprint density at radius 2 is 2.11 bits per heavy atom. The fourth-order valence-electron chi connectivity index (χ4n) is 1.91. The zero-order valence-electron chi connectivity index (χ0n) is 12.7. The topological polar surface area (TPSA) is 30.3 Å². The van der Waals surface area contributed by atoms with E-state index in [9.17, 15) is 0 Å². The Labute approximate surface area is 121 Å². The summed E-state index contributed by atoms with van der Waals surface area (Å²) in [6, 6.07) is 0. The maximum Gasteiger partial charge on any atom is 0.159 e. The maximum absolute atomic E-state index is 6.33. The minimum Gasteiger partial charge on any atom is -0.493 e. The van der Waals surface area contributed by atoms with E-state index in [4.69, 9.17) is 16.3 Å². The molecule has 1 aromatic heterocycles. The van der Waals surface area contributed by atoms with Crippen LogP contribution in [0.15, 0.2) is 6.20 Å². The van der Waals surface area contributed by atoms with Gasteiger partial charge in [-0.05, 0) is 32.9 Å². The van der Waals surface area contributed by atoms with Gasteiger partial charge in [0.1, 0.15) is 0 Å². The number of nitrogens with zero attached hydrogens (tertiary/aromatic N) is 3. The molecule has 0 bridgehead atoms. The number of alkyl halides is 1. The van der Waals surface area contributed by atoms with Gasteiger partial charge in [-0.15, -0.1) is 11.6 Å². The van der Waals surface area contributed by atoms with Crippen molar-refractivity contribution < 1.29 is 4.74 Å². The molecule has 0 N–H and O–H groups in total. The van der Waals surface area contributed by atoms with E-state index in [0.29, 0.717) is 5.92 Å². The van der Waals surface area contributed by atoms with Gasteiger partial charge in [0.15, 0.2) is 5.75 Å². The Morgan fingerprint density at radius 1 is 1.42 bits per heavy atom. The molecule has 1 aromatic rings. The van der Waals surface area contributed by atoms with Gasteiger partial charge >= 0.3 is 0 Å². The highest BCUT2D eigenvalue weighted by Gasteiger charge is 2.15. The van der Waals surface area contributed by atoms with Crippen LogP contribution in [0.5, 0.6) is 5.75 Å². The number of methoxy groups -OCH3 is 1. The lowest BCUT2D eigenvalue weighted by molar-refractivity contribution is 0.364. The molecule has 0 saturated carbocycles. The van der Waals surface area contributed by atoms with E-state index in [1.165, 1.54) is 0 Å². The molecule has 0 spiro atoms. The summed E-state index contributed by atoms with van der Waals surface area (Å²) in [5.41, 5.74) is 1.15. The molecule has 0 aliphatic rings. The van der Waals surface area contributed by atoms with Crippen LogP contribution in [0.3, 0.4) is 0 Å². The summed E-state index contributed by atoms with van der Waals surface area (Å²) in [6.45, 7) is 6.14. The van der Waals surface area contributed by atoms with Gasteiger partial charge < -0.3 is 9.64 Å². The molecule has 5 heteroatoms. The largest absolute Gasteiger partial charge is 0.493 e. The van der Waals surface area contributed by atoms with Crippen molar-refractivity contribution in [1.82, 2.24) is 14.7 Å². The zero-order valence-corrected chi connectivity index (χ0v) is 13.4. The van der Waals surface area contributed by atoms with Gasteiger partial charge in [-0.25, -0.2) is 0 Å². The third-order valence-electron chi connectivity index (χ3n) is 3.27. The number of hydrogen-bond donors (Lipinski definition) is 0. The van der Waals surface area contributed by atoms with E-state index in [-0.39, 0.29) is 5.38 Å². The maximum atomic E-state index is 6.33. The average molecular weight is 288 g/mol. The minimum atomic E-state index is 0.196. The van der Waals surface area contributed by atoms with Crippen molar-refractivity contribution in [2.24, 2.45) is 5.92 Å².